The van der Waals surface area contributed by atoms with E-state index >= 15 is 0 Å². The Morgan fingerprint density at radius 1 is 1.12 bits per heavy atom. The van der Waals surface area contributed by atoms with Gasteiger partial charge in [0.1, 0.15) is 5.60 Å². The number of Topliss-reactive ketones (excluding diaryl/α,β-unsaturated/α-hetero) is 1. The molecule has 1 N–H and O–H groups in total. The Hall–Kier alpha value is -1.32. The van der Waals surface area contributed by atoms with Crippen molar-refractivity contribution in [2.24, 2.45) is 0 Å². The normalized spacial score (nSPS) is 13.4. The lowest BCUT2D eigenvalue weighted by molar-refractivity contribution is -0.114. The summed E-state index contributed by atoms with van der Waals surface area (Å²) in [6, 6.07) is -0.0981. The molecule has 0 aliphatic heterocycles. The van der Waals surface area contributed by atoms with Crippen molar-refractivity contribution in [1.82, 2.24) is 5.32 Å². The lowest BCUT2D eigenvalue weighted by Gasteiger charge is -2.35. The number of alkyl carbamates (subject to hydrolysis) is 1. The molecule has 0 aromatic heterocycles. The maximum atomic E-state index is 11.9. The Balaban J connectivity index is 4.34. The zero-order valence-corrected chi connectivity index (χ0v) is 19.0. The van der Waals surface area contributed by atoms with Crippen LogP contribution >= 0.6 is 0 Å². The molecule has 1 amide bonds. The zero-order valence-electron chi connectivity index (χ0n) is 18.0. The molecule has 0 aromatic rings. The number of nitrogens with one attached hydrogen (secondary N) is 1. The molecule has 0 unspecified atom stereocenters. The molecule has 0 rings (SSSR count). The maximum absolute atomic E-state index is 11.9. The number of carbonyl (C=O) groups is 2. The molecule has 6 heteroatoms. The van der Waals surface area contributed by atoms with E-state index in [-0.39, 0.29) is 23.5 Å². The second kappa shape index (κ2) is 10.1. The summed E-state index contributed by atoms with van der Waals surface area (Å²) in [5, 5.41) is 2.93. The van der Waals surface area contributed by atoms with Crippen LogP contribution in [0, 0.1) is 11.8 Å². The predicted molar refractivity (Wildman–Crippen MR) is 109 cm³/mol. The summed E-state index contributed by atoms with van der Waals surface area (Å²) < 4.78 is 11.2. The number of rotatable bonds is 7. The van der Waals surface area contributed by atoms with Crippen LogP contribution in [0.2, 0.25) is 18.1 Å². The Kier molecular flexibility index (Phi) is 9.61. The minimum Gasteiger partial charge on any atom is -0.444 e. The van der Waals surface area contributed by atoms with E-state index in [1.807, 2.05) is 27.7 Å². The molecule has 0 aliphatic carbocycles. The fraction of sp³-hybridized carbons (Fsp3) is 0.800. The monoisotopic (exact) mass is 383 g/mol. The van der Waals surface area contributed by atoms with Gasteiger partial charge in [-0.2, -0.15) is 0 Å². The van der Waals surface area contributed by atoms with Crippen molar-refractivity contribution in [3.05, 3.63) is 0 Å². The van der Waals surface area contributed by atoms with E-state index in [0.29, 0.717) is 12.8 Å². The lowest BCUT2D eigenvalue weighted by Crippen LogP contribution is -2.40. The van der Waals surface area contributed by atoms with Crippen molar-refractivity contribution in [1.29, 1.82) is 0 Å². The van der Waals surface area contributed by atoms with Crippen LogP contribution in [0.4, 0.5) is 4.79 Å². The molecular weight excluding hydrogens is 346 g/mol. The SMILES string of the molecule is CC[C@@H](CCC(=O)C#CCO[Si](C)(C)C(C)(C)C)NC(=O)OC(C)(C)C. The molecule has 26 heavy (non-hydrogen) atoms. The molecular formula is C20H37NO4Si. The summed E-state index contributed by atoms with van der Waals surface area (Å²) in [6.45, 7) is 18.5. The Labute approximate surface area is 160 Å². The third kappa shape index (κ3) is 10.6. The van der Waals surface area contributed by atoms with Crippen molar-refractivity contribution in [3.8, 4) is 11.8 Å². The average molecular weight is 384 g/mol. The molecule has 0 aliphatic rings. The summed E-state index contributed by atoms with van der Waals surface area (Å²) in [5.74, 6) is 5.34. The van der Waals surface area contributed by atoms with Gasteiger partial charge in [-0.1, -0.05) is 33.6 Å². The Morgan fingerprint density at radius 2 is 1.69 bits per heavy atom. The number of hydrogen-bond acceptors (Lipinski definition) is 4. The smallest absolute Gasteiger partial charge is 0.407 e. The van der Waals surface area contributed by atoms with Crippen LogP contribution in [0.15, 0.2) is 0 Å². The van der Waals surface area contributed by atoms with Gasteiger partial charge in [-0.15, -0.1) is 0 Å². The molecule has 0 saturated heterocycles. The summed E-state index contributed by atoms with van der Waals surface area (Å²) >= 11 is 0. The van der Waals surface area contributed by atoms with Gasteiger partial charge in [0.15, 0.2) is 8.32 Å². The molecule has 5 nitrogen and oxygen atoms in total. The van der Waals surface area contributed by atoms with Gasteiger partial charge in [0.05, 0.1) is 6.61 Å². The molecule has 0 saturated carbocycles. The first kappa shape index (κ1) is 24.7. The van der Waals surface area contributed by atoms with Crippen LogP contribution in [0.5, 0.6) is 0 Å². The molecule has 0 bridgehead atoms. The van der Waals surface area contributed by atoms with Gasteiger partial charge >= 0.3 is 6.09 Å². The van der Waals surface area contributed by atoms with E-state index in [1.165, 1.54) is 0 Å². The predicted octanol–water partition coefficient (Wildman–Crippen LogP) is 4.66. The van der Waals surface area contributed by atoms with Crippen LogP contribution in [0.1, 0.15) is 67.7 Å². The first-order valence-corrected chi connectivity index (χ1v) is 12.2. The van der Waals surface area contributed by atoms with Gasteiger partial charge in [0, 0.05) is 12.5 Å². The number of hydrogen-bond donors (Lipinski definition) is 1. The molecule has 0 aromatic carbocycles. The summed E-state index contributed by atoms with van der Waals surface area (Å²) in [6.07, 6.45) is 1.13. The zero-order chi connectivity index (χ0) is 20.6. The largest absolute Gasteiger partial charge is 0.444 e. The molecule has 1 atom stereocenters. The Morgan fingerprint density at radius 3 is 2.15 bits per heavy atom. The number of ketones is 1. The first-order chi connectivity index (χ1) is 11.7. The summed E-state index contributed by atoms with van der Waals surface area (Å²) in [4.78, 5) is 23.7. The van der Waals surface area contributed by atoms with Crippen LogP contribution in [-0.2, 0) is 14.0 Å². The van der Waals surface area contributed by atoms with Crippen molar-refractivity contribution < 1.29 is 18.8 Å². The van der Waals surface area contributed by atoms with E-state index in [0.717, 1.165) is 6.42 Å². The second-order valence-electron chi connectivity index (χ2n) is 9.06. The molecule has 0 spiro atoms. The van der Waals surface area contributed by atoms with Gasteiger partial charge in [-0.05, 0) is 57.7 Å². The fourth-order valence-electron chi connectivity index (χ4n) is 1.79. The van der Waals surface area contributed by atoms with Gasteiger partial charge in [0.2, 0.25) is 5.78 Å². The summed E-state index contributed by atoms with van der Waals surface area (Å²) in [7, 11) is -1.83. The Bertz CT molecular complexity index is 533. The van der Waals surface area contributed by atoms with Gasteiger partial charge in [-0.3, -0.25) is 4.79 Å². The first-order valence-electron chi connectivity index (χ1n) is 9.33. The molecule has 150 valence electrons. The average Bonchev–Trinajstić information content (AvgIpc) is 2.44. The van der Waals surface area contributed by atoms with E-state index in [4.69, 9.17) is 9.16 Å². The molecule has 0 heterocycles. The summed E-state index contributed by atoms with van der Waals surface area (Å²) in [5.41, 5.74) is -0.534. The van der Waals surface area contributed by atoms with Crippen molar-refractivity contribution in [2.45, 2.75) is 97.5 Å². The van der Waals surface area contributed by atoms with Gasteiger partial charge in [-0.25, -0.2) is 4.79 Å². The van der Waals surface area contributed by atoms with Crippen LogP contribution in [0.25, 0.3) is 0 Å². The highest BCUT2D eigenvalue weighted by Gasteiger charge is 2.36. The third-order valence-corrected chi connectivity index (χ3v) is 8.95. The van der Waals surface area contributed by atoms with Crippen molar-refractivity contribution >= 4 is 20.2 Å². The van der Waals surface area contributed by atoms with Gasteiger partial charge < -0.3 is 14.5 Å². The highest BCUT2D eigenvalue weighted by atomic mass is 28.4. The molecule has 0 radical (unpaired) electrons. The van der Waals surface area contributed by atoms with E-state index in [2.05, 4.69) is 51.0 Å². The van der Waals surface area contributed by atoms with Crippen LogP contribution in [-0.4, -0.2) is 38.4 Å². The highest BCUT2D eigenvalue weighted by Crippen LogP contribution is 2.36. The number of carbonyl (C=O) groups excluding carboxylic acids is 2. The topological polar surface area (TPSA) is 64.6 Å². The molecule has 0 fully saturated rings. The lowest BCUT2D eigenvalue weighted by atomic mass is 10.1. The van der Waals surface area contributed by atoms with Crippen LogP contribution in [0.3, 0.4) is 0 Å². The van der Waals surface area contributed by atoms with Gasteiger partial charge in [0.25, 0.3) is 0 Å². The fourth-order valence-corrected chi connectivity index (χ4v) is 2.65. The van der Waals surface area contributed by atoms with E-state index < -0.39 is 20.0 Å². The van der Waals surface area contributed by atoms with E-state index in [9.17, 15) is 9.59 Å². The quantitative estimate of drug-likeness (QED) is 0.394. The van der Waals surface area contributed by atoms with Crippen LogP contribution < -0.4 is 5.32 Å². The van der Waals surface area contributed by atoms with Crippen molar-refractivity contribution in [2.75, 3.05) is 6.61 Å². The minimum absolute atomic E-state index is 0.0981. The minimum atomic E-state index is -1.83. The third-order valence-electron chi connectivity index (χ3n) is 4.47. The standard InChI is InChI=1S/C20H37NO4Si/c1-10-16(21-18(23)25-19(2,3)4)13-14-17(22)12-11-15-24-26(8,9)20(5,6)7/h16H,10,13-15H2,1-9H3,(H,21,23)/t16-/m0/s1. The second-order valence-corrected chi connectivity index (χ2v) is 13.9. The highest BCUT2D eigenvalue weighted by molar-refractivity contribution is 6.74. The van der Waals surface area contributed by atoms with Crippen molar-refractivity contribution in [3.63, 3.8) is 0 Å². The number of amides is 1. The maximum Gasteiger partial charge on any atom is 0.407 e. The van der Waals surface area contributed by atoms with E-state index in [1.54, 1.807) is 0 Å². The number of ether oxygens (including phenoxy) is 1.